The van der Waals surface area contributed by atoms with Crippen molar-refractivity contribution in [2.75, 3.05) is 0 Å². The largest absolute Gasteiger partial charge is 0.0914 e. The average molecular weight is 260 g/mol. The molecule has 2 fully saturated rings. The van der Waals surface area contributed by atoms with Crippen molar-refractivity contribution in [1.29, 1.82) is 0 Å². The normalized spacial score (nSPS) is 37.2. The van der Waals surface area contributed by atoms with Gasteiger partial charge in [-0.3, -0.25) is 0 Å². The maximum Gasteiger partial charge on any atom is -0.0233 e. The van der Waals surface area contributed by atoms with Gasteiger partial charge in [-0.05, 0) is 88.4 Å². The summed E-state index contributed by atoms with van der Waals surface area (Å²) >= 11 is 0. The van der Waals surface area contributed by atoms with Crippen molar-refractivity contribution in [2.45, 2.75) is 71.6 Å². The fraction of sp³-hybridized carbons (Fsp3) is 0.789. The van der Waals surface area contributed by atoms with Crippen molar-refractivity contribution in [2.24, 2.45) is 23.7 Å². The molecule has 0 bridgehead atoms. The summed E-state index contributed by atoms with van der Waals surface area (Å²) in [5, 5.41) is 0. The first kappa shape index (κ1) is 14.9. The summed E-state index contributed by atoms with van der Waals surface area (Å²) in [4.78, 5) is 0. The van der Waals surface area contributed by atoms with Crippen LogP contribution in [0.4, 0.5) is 0 Å². The topological polar surface area (TPSA) is 0 Å². The van der Waals surface area contributed by atoms with Gasteiger partial charge in [0.2, 0.25) is 0 Å². The molecule has 2 aliphatic carbocycles. The van der Waals surface area contributed by atoms with Crippen molar-refractivity contribution < 1.29 is 0 Å². The van der Waals surface area contributed by atoms with Gasteiger partial charge in [-0.25, -0.2) is 0 Å². The van der Waals surface area contributed by atoms with Crippen LogP contribution in [0.3, 0.4) is 0 Å². The molecular formula is C19H32. The molecule has 0 heterocycles. The molecule has 0 unspecified atom stereocenters. The van der Waals surface area contributed by atoms with E-state index in [4.69, 9.17) is 0 Å². The molecule has 0 aliphatic heterocycles. The summed E-state index contributed by atoms with van der Waals surface area (Å²) in [7, 11) is 0. The average Bonchev–Trinajstić information content (AvgIpc) is 2.47. The number of hydrogen-bond donors (Lipinski definition) is 0. The monoisotopic (exact) mass is 260 g/mol. The molecule has 0 saturated heterocycles. The molecule has 2 aliphatic rings. The van der Waals surface area contributed by atoms with Crippen LogP contribution in [0.25, 0.3) is 0 Å². The van der Waals surface area contributed by atoms with Crippen LogP contribution in [0.1, 0.15) is 71.6 Å². The van der Waals surface area contributed by atoms with E-state index in [9.17, 15) is 0 Å². The van der Waals surface area contributed by atoms with Gasteiger partial charge >= 0.3 is 0 Å². The number of hydrogen-bond acceptors (Lipinski definition) is 0. The Bertz CT molecular complexity index is 283. The Morgan fingerprint density at radius 2 is 1.21 bits per heavy atom. The van der Waals surface area contributed by atoms with Gasteiger partial charge in [0, 0.05) is 0 Å². The maximum absolute atomic E-state index is 2.49. The molecule has 0 aromatic carbocycles. The lowest BCUT2D eigenvalue weighted by atomic mass is 9.69. The standard InChI is InChI=1S/C19H32/c1-3-5-7-17-10-14-19(15-11-17)18-12-8-16(6-4-2)9-13-18/h4-7,16-19H,3,8-15H2,1-2H3. The minimum atomic E-state index is 0.894. The third-order valence-corrected chi connectivity index (χ3v) is 5.41. The van der Waals surface area contributed by atoms with Crippen molar-refractivity contribution in [1.82, 2.24) is 0 Å². The first-order valence-electron chi connectivity index (χ1n) is 8.63. The van der Waals surface area contributed by atoms with Gasteiger partial charge in [-0.1, -0.05) is 31.2 Å². The maximum atomic E-state index is 2.49. The lowest BCUT2D eigenvalue weighted by molar-refractivity contribution is 0.166. The molecule has 0 radical (unpaired) electrons. The zero-order valence-corrected chi connectivity index (χ0v) is 13.0. The molecule has 0 aromatic rings. The molecule has 0 atom stereocenters. The zero-order valence-electron chi connectivity index (χ0n) is 13.0. The van der Waals surface area contributed by atoms with E-state index < -0.39 is 0 Å². The Balaban J connectivity index is 1.72. The van der Waals surface area contributed by atoms with Crippen LogP contribution >= 0.6 is 0 Å². The molecule has 0 heteroatoms. The second-order valence-electron chi connectivity index (χ2n) is 6.71. The van der Waals surface area contributed by atoms with Crippen LogP contribution in [-0.2, 0) is 0 Å². The van der Waals surface area contributed by atoms with Crippen molar-refractivity contribution >= 4 is 0 Å². The Labute approximate surface area is 120 Å². The van der Waals surface area contributed by atoms with Crippen LogP contribution in [-0.4, -0.2) is 0 Å². The predicted molar refractivity (Wildman–Crippen MR) is 85.1 cm³/mol. The molecule has 0 aromatic heterocycles. The van der Waals surface area contributed by atoms with Gasteiger partial charge in [0.05, 0.1) is 0 Å². The summed E-state index contributed by atoms with van der Waals surface area (Å²) in [6, 6.07) is 0. The van der Waals surface area contributed by atoms with Gasteiger partial charge in [0.15, 0.2) is 0 Å². The minimum absolute atomic E-state index is 0.894. The van der Waals surface area contributed by atoms with E-state index in [1.807, 2.05) is 0 Å². The second-order valence-corrected chi connectivity index (χ2v) is 6.71. The zero-order chi connectivity index (χ0) is 13.5. The molecule has 19 heavy (non-hydrogen) atoms. The third kappa shape index (κ3) is 4.51. The molecule has 2 rings (SSSR count). The van der Waals surface area contributed by atoms with Crippen LogP contribution < -0.4 is 0 Å². The van der Waals surface area contributed by atoms with Crippen LogP contribution in [0.5, 0.6) is 0 Å². The SMILES string of the molecule is CC=CC1CCC(C2CCC(C=CCC)CC2)CC1. The third-order valence-electron chi connectivity index (χ3n) is 5.41. The Morgan fingerprint density at radius 1 is 0.737 bits per heavy atom. The highest BCUT2D eigenvalue weighted by molar-refractivity contribution is 4.93. The summed E-state index contributed by atoms with van der Waals surface area (Å²) in [6.45, 7) is 4.41. The quantitative estimate of drug-likeness (QED) is 0.532. The molecule has 2 saturated carbocycles. The number of allylic oxidation sites excluding steroid dienone is 4. The van der Waals surface area contributed by atoms with Gasteiger partial charge in [-0.2, -0.15) is 0 Å². The highest BCUT2D eigenvalue weighted by Crippen LogP contribution is 2.41. The molecule has 0 amide bonds. The van der Waals surface area contributed by atoms with Crippen molar-refractivity contribution in [3.05, 3.63) is 24.3 Å². The van der Waals surface area contributed by atoms with Crippen LogP contribution in [0, 0.1) is 23.7 Å². The van der Waals surface area contributed by atoms with Crippen LogP contribution in [0.2, 0.25) is 0 Å². The Morgan fingerprint density at radius 3 is 1.63 bits per heavy atom. The highest BCUT2D eigenvalue weighted by atomic mass is 14.3. The van der Waals surface area contributed by atoms with Crippen LogP contribution in [0.15, 0.2) is 24.3 Å². The summed E-state index contributed by atoms with van der Waals surface area (Å²) in [6.07, 6.45) is 22.5. The van der Waals surface area contributed by atoms with Gasteiger partial charge < -0.3 is 0 Å². The molecule has 0 nitrogen and oxygen atoms in total. The summed E-state index contributed by atoms with van der Waals surface area (Å²) in [5.41, 5.74) is 0. The number of rotatable bonds is 4. The summed E-state index contributed by atoms with van der Waals surface area (Å²) in [5.74, 6) is 3.90. The second kappa shape index (κ2) is 7.92. The Hall–Kier alpha value is -0.520. The lowest BCUT2D eigenvalue weighted by Gasteiger charge is -2.36. The van der Waals surface area contributed by atoms with E-state index in [2.05, 4.69) is 38.2 Å². The Kier molecular flexibility index (Phi) is 6.20. The van der Waals surface area contributed by atoms with E-state index in [0.717, 1.165) is 23.7 Å². The van der Waals surface area contributed by atoms with Gasteiger partial charge in [0.25, 0.3) is 0 Å². The summed E-state index contributed by atoms with van der Waals surface area (Å²) < 4.78 is 0. The predicted octanol–water partition coefficient (Wildman–Crippen LogP) is 6.14. The van der Waals surface area contributed by atoms with E-state index in [1.165, 1.54) is 57.8 Å². The van der Waals surface area contributed by atoms with Crippen molar-refractivity contribution in [3.8, 4) is 0 Å². The first-order valence-corrected chi connectivity index (χ1v) is 8.63. The fourth-order valence-electron chi connectivity index (χ4n) is 4.22. The molecular weight excluding hydrogens is 228 g/mol. The smallest absolute Gasteiger partial charge is 0.0233 e. The minimum Gasteiger partial charge on any atom is -0.0914 e. The molecule has 108 valence electrons. The molecule has 0 spiro atoms. The highest BCUT2D eigenvalue weighted by Gasteiger charge is 2.29. The van der Waals surface area contributed by atoms with E-state index in [-0.39, 0.29) is 0 Å². The van der Waals surface area contributed by atoms with Crippen molar-refractivity contribution in [3.63, 3.8) is 0 Å². The van der Waals surface area contributed by atoms with E-state index in [1.54, 1.807) is 0 Å². The first-order chi connectivity index (χ1) is 9.33. The lowest BCUT2D eigenvalue weighted by Crippen LogP contribution is -2.25. The van der Waals surface area contributed by atoms with E-state index in [0.29, 0.717) is 0 Å². The van der Waals surface area contributed by atoms with E-state index >= 15 is 0 Å². The molecule has 0 N–H and O–H groups in total. The van der Waals surface area contributed by atoms with Gasteiger partial charge in [0.1, 0.15) is 0 Å². The van der Waals surface area contributed by atoms with Gasteiger partial charge in [-0.15, -0.1) is 0 Å². The fourth-order valence-corrected chi connectivity index (χ4v) is 4.22.